The summed E-state index contributed by atoms with van der Waals surface area (Å²) in [6, 6.07) is 17.8. The highest BCUT2D eigenvalue weighted by Crippen LogP contribution is 2.03. The molecule has 2 aromatic carbocycles. The highest BCUT2D eigenvalue weighted by Gasteiger charge is 2.18. The first-order chi connectivity index (χ1) is 14.0. The molecule has 0 aliphatic rings. The van der Waals surface area contributed by atoms with Crippen LogP contribution in [0.1, 0.15) is 15.9 Å². The average molecular weight is 396 g/mol. The fraction of sp³-hybridized carbons (Fsp3) is 0.238. The van der Waals surface area contributed by atoms with E-state index in [0.717, 1.165) is 5.56 Å². The Morgan fingerprint density at radius 3 is 2.10 bits per heavy atom. The zero-order valence-electron chi connectivity index (χ0n) is 16.0. The lowest BCUT2D eigenvalue weighted by Crippen LogP contribution is -2.46. The molecule has 0 aromatic heterocycles. The molecule has 2 rings (SSSR count). The van der Waals surface area contributed by atoms with E-state index >= 15 is 0 Å². The summed E-state index contributed by atoms with van der Waals surface area (Å²) in [5.41, 5.74) is 6.34. The van der Waals surface area contributed by atoms with E-state index in [2.05, 4.69) is 10.6 Å². The second-order valence-electron chi connectivity index (χ2n) is 6.34. The van der Waals surface area contributed by atoms with Crippen LogP contribution in [0.3, 0.4) is 0 Å². The first-order valence-corrected chi connectivity index (χ1v) is 9.15. The van der Waals surface area contributed by atoms with Crippen LogP contribution in [0.15, 0.2) is 60.7 Å². The van der Waals surface area contributed by atoms with Gasteiger partial charge in [-0.3, -0.25) is 19.2 Å². The maximum Gasteiger partial charge on any atom is 0.251 e. The van der Waals surface area contributed by atoms with E-state index in [1.165, 1.54) is 4.90 Å². The van der Waals surface area contributed by atoms with E-state index in [-0.39, 0.29) is 44.4 Å². The fourth-order valence-corrected chi connectivity index (χ4v) is 2.59. The van der Waals surface area contributed by atoms with Crippen molar-refractivity contribution in [2.45, 2.75) is 6.42 Å². The zero-order chi connectivity index (χ0) is 21.1. The van der Waals surface area contributed by atoms with Crippen molar-refractivity contribution in [3.63, 3.8) is 0 Å². The molecule has 8 nitrogen and oxygen atoms in total. The van der Waals surface area contributed by atoms with E-state index < -0.39 is 11.8 Å². The Labute approximate surface area is 169 Å². The number of amides is 4. The minimum absolute atomic E-state index is 0.122. The molecule has 0 aliphatic carbocycles. The quantitative estimate of drug-likeness (QED) is 0.527. The van der Waals surface area contributed by atoms with Crippen LogP contribution in [-0.2, 0) is 20.8 Å². The SMILES string of the molecule is NC(=O)CNC(=O)CN(CCNC(=O)c1ccccc1)C(=O)Cc1ccccc1. The number of rotatable bonds is 10. The molecule has 4 N–H and O–H groups in total. The molecule has 0 aliphatic heterocycles. The number of primary amides is 1. The maximum atomic E-state index is 12.7. The number of carbonyl (C=O) groups is 4. The van der Waals surface area contributed by atoms with E-state index in [0.29, 0.717) is 5.56 Å². The second kappa shape index (κ2) is 11.2. The summed E-state index contributed by atoms with van der Waals surface area (Å²) in [6.45, 7) is -0.212. The molecule has 0 atom stereocenters. The lowest BCUT2D eigenvalue weighted by atomic mass is 10.1. The molecule has 0 radical (unpaired) electrons. The molecular formula is C21H24N4O4. The lowest BCUT2D eigenvalue weighted by Gasteiger charge is -2.22. The molecule has 0 saturated carbocycles. The third kappa shape index (κ3) is 7.84. The van der Waals surface area contributed by atoms with Gasteiger partial charge in [-0.15, -0.1) is 0 Å². The van der Waals surface area contributed by atoms with E-state index in [1.54, 1.807) is 24.3 Å². The third-order valence-corrected chi connectivity index (χ3v) is 4.05. The average Bonchev–Trinajstić information content (AvgIpc) is 2.72. The molecule has 152 valence electrons. The van der Waals surface area contributed by atoms with E-state index in [4.69, 9.17) is 5.73 Å². The van der Waals surface area contributed by atoms with Gasteiger partial charge < -0.3 is 21.3 Å². The summed E-state index contributed by atoms with van der Waals surface area (Å²) in [6.07, 6.45) is 0.122. The van der Waals surface area contributed by atoms with Gasteiger partial charge in [0.25, 0.3) is 5.91 Å². The Morgan fingerprint density at radius 2 is 1.48 bits per heavy atom. The Kier molecular flexibility index (Phi) is 8.37. The monoisotopic (exact) mass is 396 g/mol. The van der Waals surface area contributed by atoms with Crippen molar-refractivity contribution in [1.82, 2.24) is 15.5 Å². The Balaban J connectivity index is 1.95. The summed E-state index contributed by atoms with van der Waals surface area (Å²) >= 11 is 0. The van der Waals surface area contributed by atoms with Crippen LogP contribution in [0.25, 0.3) is 0 Å². The van der Waals surface area contributed by atoms with Crippen LogP contribution >= 0.6 is 0 Å². The van der Waals surface area contributed by atoms with E-state index in [1.807, 2.05) is 36.4 Å². The molecule has 0 unspecified atom stereocenters. The zero-order valence-corrected chi connectivity index (χ0v) is 16.0. The summed E-state index contributed by atoms with van der Waals surface area (Å²) in [5, 5.41) is 5.09. The summed E-state index contributed by atoms with van der Waals surface area (Å²) < 4.78 is 0. The number of carbonyl (C=O) groups excluding carboxylic acids is 4. The molecule has 0 bridgehead atoms. The van der Waals surface area contributed by atoms with Gasteiger partial charge in [-0.25, -0.2) is 0 Å². The Morgan fingerprint density at radius 1 is 0.862 bits per heavy atom. The first kappa shape index (κ1) is 21.6. The molecule has 0 saturated heterocycles. The molecule has 0 fully saturated rings. The largest absolute Gasteiger partial charge is 0.368 e. The molecule has 2 aromatic rings. The van der Waals surface area contributed by atoms with Crippen molar-refractivity contribution in [1.29, 1.82) is 0 Å². The second-order valence-corrected chi connectivity index (χ2v) is 6.34. The van der Waals surface area contributed by atoms with Crippen molar-refractivity contribution in [3.05, 3.63) is 71.8 Å². The first-order valence-electron chi connectivity index (χ1n) is 9.15. The van der Waals surface area contributed by atoms with Gasteiger partial charge in [-0.1, -0.05) is 48.5 Å². The van der Waals surface area contributed by atoms with E-state index in [9.17, 15) is 19.2 Å². The van der Waals surface area contributed by atoms with Crippen LogP contribution in [0.5, 0.6) is 0 Å². The van der Waals surface area contributed by atoms with Gasteiger partial charge in [0.1, 0.15) is 0 Å². The Bertz CT molecular complexity index is 840. The van der Waals surface area contributed by atoms with Crippen molar-refractivity contribution in [3.8, 4) is 0 Å². The fourth-order valence-electron chi connectivity index (χ4n) is 2.59. The van der Waals surface area contributed by atoms with Crippen LogP contribution in [0, 0.1) is 0 Å². The van der Waals surface area contributed by atoms with Gasteiger partial charge in [0.15, 0.2) is 0 Å². The van der Waals surface area contributed by atoms with Crippen molar-refractivity contribution in [2.75, 3.05) is 26.2 Å². The lowest BCUT2D eigenvalue weighted by molar-refractivity contribution is -0.135. The highest BCUT2D eigenvalue weighted by atomic mass is 16.2. The maximum absolute atomic E-state index is 12.7. The van der Waals surface area contributed by atoms with Crippen LogP contribution in [0.4, 0.5) is 0 Å². The molecule has 0 heterocycles. The van der Waals surface area contributed by atoms with Gasteiger partial charge in [-0.2, -0.15) is 0 Å². The minimum atomic E-state index is -0.671. The van der Waals surface area contributed by atoms with Gasteiger partial charge >= 0.3 is 0 Å². The predicted molar refractivity (Wildman–Crippen MR) is 108 cm³/mol. The Hall–Kier alpha value is -3.68. The van der Waals surface area contributed by atoms with Gasteiger partial charge in [0, 0.05) is 18.7 Å². The topological polar surface area (TPSA) is 122 Å². The summed E-state index contributed by atoms with van der Waals surface area (Å²) in [4.78, 5) is 49.0. The predicted octanol–water partition coefficient (Wildman–Crippen LogP) is 0.0892. The van der Waals surface area contributed by atoms with Crippen molar-refractivity contribution in [2.24, 2.45) is 5.73 Å². The van der Waals surface area contributed by atoms with Gasteiger partial charge in [-0.05, 0) is 17.7 Å². The summed E-state index contributed by atoms with van der Waals surface area (Å²) in [5.74, 6) is -1.70. The number of nitrogens with zero attached hydrogens (tertiary/aromatic N) is 1. The summed E-state index contributed by atoms with van der Waals surface area (Å²) in [7, 11) is 0. The minimum Gasteiger partial charge on any atom is -0.368 e. The van der Waals surface area contributed by atoms with Crippen molar-refractivity contribution < 1.29 is 19.2 Å². The van der Waals surface area contributed by atoms with Crippen molar-refractivity contribution >= 4 is 23.6 Å². The number of nitrogens with one attached hydrogen (secondary N) is 2. The molecule has 0 spiro atoms. The number of benzene rings is 2. The smallest absolute Gasteiger partial charge is 0.251 e. The molecule has 29 heavy (non-hydrogen) atoms. The van der Waals surface area contributed by atoms with Crippen LogP contribution < -0.4 is 16.4 Å². The van der Waals surface area contributed by atoms with Crippen LogP contribution in [0.2, 0.25) is 0 Å². The highest BCUT2D eigenvalue weighted by molar-refractivity contribution is 5.94. The number of hydrogen-bond acceptors (Lipinski definition) is 4. The number of nitrogens with two attached hydrogens (primary N) is 1. The molecular weight excluding hydrogens is 372 g/mol. The van der Waals surface area contributed by atoms with Gasteiger partial charge in [0.05, 0.1) is 19.5 Å². The molecule has 4 amide bonds. The number of hydrogen-bond donors (Lipinski definition) is 3. The normalized spacial score (nSPS) is 10.1. The van der Waals surface area contributed by atoms with Gasteiger partial charge in [0.2, 0.25) is 17.7 Å². The third-order valence-electron chi connectivity index (χ3n) is 4.05. The standard InChI is InChI=1S/C21H24N4O4/c22-18(26)14-24-19(27)15-25(20(28)13-16-7-3-1-4-8-16)12-11-23-21(29)17-9-5-2-6-10-17/h1-10H,11-15H2,(H2,22,26)(H,23,29)(H,24,27). The molecule has 8 heteroatoms. The van der Waals surface area contributed by atoms with Crippen LogP contribution in [-0.4, -0.2) is 54.7 Å².